The zero-order chi connectivity index (χ0) is 10.4. The Balaban J connectivity index is 0.000000671. The standard InChI is InChI=1S/C8H9BrN2.C2H6/c1-5-2-7(9)3-6(4-10)8(5)11;1-2/h2-4,10H,11H2,1H3;1-2H3. The second kappa shape index (κ2) is 5.75. The third kappa shape index (κ3) is 3.19. The zero-order valence-corrected chi connectivity index (χ0v) is 9.77. The Morgan fingerprint density at radius 3 is 2.38 bits per heavy atom. The van der Waals surface area contributed by atoms with Crippen LogP contribution in [0.5, 0.6) is 0 Å². The van der Waals surface area contributed by atoms with Crippen LogP contribution in [-0.4, -0.2) is 6.21 Å². The number of nitrogen functional groups attached to an aromatic ring is 1. The lowest BCUT2D eigenvalue weighted by molar-refractivity contribution is 1.43. The van der Waals surface area contributed by atoms with Gasteiger partial charge in [-0.25, -0.2) is 0 Å². The van der Waals surface area contributed by atoms with Crippen LogP contribution in [0.2, 0.25) is 0 Å². The van der Waals surface area contributed by atoms with E-state index in [1.165, 1.54) is 6.21 Å². The monoisotopic (exact) mass is 242 g/mol. The minimum Gasteiger partial charge on any atom is -0.398 e. The first kappa shape index (κ1) is 12.2. The SMILES string of the molecule is CC.Cc1cc(Br)cc(C=N)c1N. The van der Waals surface area contributed by atoms with Crippen molar-refractivity contribution in [2.75, 3.05) is 5.73 Å². The number of hydrogen-bond acceptors (Lipinski definition) is 2. The smallest absolute Gasteiger partial charge is 0.0433 e. The Labute approximate surface area is 87.8 Å². The fraction of sp³-hybridized carbons (Fsp3) is 0.300. The Hall–Kier alpha value is -0.830. The third-order valence-electron chi connectivity index (χ3n) is 1.54. The average molecular weight is 243 g/mol. The van der Waals surface area contributed by atoms with Crippen molar-refractivity contribution in [2.24, 2.45) is 0 Å². The molecule has 0 bridgehead atoms. The number of anilines is 1. The van der Waals surface area contributed by atoms with Gasteiger partial charge < -0.3 is 11.1 Å². The maximum Gasteiger partial charge on any atom is 0.0433 e. The highest BCUT2D eigenvalue weighted by Crippen LogP contribution is 2.21. The molecular weight excluding hydrogens is 228 g/mol. The van der Waals surface area contributed by atoms with E-state index in [0.29, 0.717) is 5.69 Å². The molecule has 0 aliphatic rings. The molecular formula is C10H15BrN2. The summed E-state index contributed by atoms with van der Waals surface area (Å²) in [5.41, 5.74) is 8.13. The first-order valence-corrected chi connectivity index (χ1v) is 5.00. The van der Waals surface area contributed by atoms with Gasteiger partial charge in [-0.3, -0.25) is 0 Å². The van der Waals surface area contributed by atoms with Crippen LogP contribution in [0.4, 0.5) is 5.69 Å². The highest BCUT2D eigenvalue weighted by molar-refractivity contribution is 9.10. The first-order valence-electron chi connectivity index (χ1n) is 4.21. The second-order valence-electron chi connectivity index (χ2n) is 2.37. The van der Waals surface area contributed by atoms with Crippen LogP contribution in [0.1, 0.15) is 25.0 Å². The van der Waals surface area contributed by atoms with Crippen molar-refractivity contribution in [3.8, 4) is 0 Å². The van der Waals surface area contributed by atoms with E-state index in [2.05, 4.69) is 15.9 Å². The van der Waals surface area contributed by atoms with Crippen molar-refractivity contribution in [2.45, 2.75) is 20.8 Å². The molecule has 0 spiro atoms. The van der Waals surface area contributed by atoms with E-state index in [0.717, 1.165) is 15.6 Å². The van der Waals surface area contributed by atoms with Crippen LogP contribution < -0.4 is 5.73 Å². The molecule has 2 nitrogen and oxygen atoms in total. The second-order valence-corrected chi connectivity index (χ2v) is 3.29. The van der Waals surface area contributed by atoms with Crippen molar-refractivity contribution < 1.29 is 0 Å². The summed E-state index contributed by atoms with van der Waals surface area (Å²) in [4.78, 5) is 0. The molecule has 0 fully saturated rings. The van der Waals surface area contributed by atoms with Gasteiger partial charge in [0.2, 0.25) is 0 Å². The zero-order valence-electron chi connectivity index (χ0n) is 8.19. The van der Waals surface area contributed by atoms with Crippen molar-refractivity contribution in [1.29, 1.82) is 5.41 Å². The Morgan fingerprint density at radius 1 is 1.38 bits per heavy atom. The lowest BCUT2D eigenvalue weighted by Crippen LogP contribution is -1.95. The van der Waals surface area contributed by atoms with Gasteiger partial charge in [0.1, 0.15) is 0 Å². The molecule has 0 saturated heterocycles. The van der Waals surface area contributed by atoms with Crippen molar-refractivity contribution in [3.63, 3.8) is 0 Å². The summed E-state index contributed by atoms with van der Waals surface area (Å²) in [7, 11) is 0. The van der Waals surface area contributed by atoms with Gasteiger partial charge in [0.15, 0.2) is 0 Å². The first-order chi connectivity index (χ1) is 6.15. The minimum atomic E-state index is 0.684. The number of benzene rings is 1. The van der Waals surface area contributed by atoms with Crippen LogP contribution in [0.25, 0.3) is 0 Å². The summed E-state index contributed by atoms with van der Waals surface area (Å²) in [6.45, 7) is 5.92. The number of aryl methyl sites for hydroxylation is 1. The summed E-state index contributed by atoms with van der Waals surface area (Å²) in [6, 6.07) is 3.76. The molecule has 0 saturated carbocycles. The molecule has 13 heavy (non-hydrogen) atoms. The van der Waals surface area contributed by atoms with Gasteiger partial charge in [-0.05, 0) is 24.6 Å². The highest BCUT2D eigenvalue weighted by atomic mass is 79.9. The summed E-state index contributed by atoms with van der Waals surface area (Å²) in [5.74, 6) is 0. The van der Waals surface area contributed by atoms with Gasteiger partial charge in [0.05, 0.1) is 0 Å². The van der Waals surface area contributed by atoms with Gasteiger partial charge in [0, 0.05) is 21.9 Å². The molecule has 0 amide bonds. The normalized spacial score (nSPS) is 8.62. The van der Waals surface area contributed by atoms with Crippen LogP contribution in [-0.2, 0) is 0 Å². The van der Waals surface area contributed by atoms with Crippen molar-refractivity contribution in [1.82, 2.24) is 0 Å². The van der Waals surface area contributed by atoms with Crippen LogP contribution in [0.15, 0.2) is 16.6 Å². The molecule has 0 unspecified atom stereocenters. The largest absolute Gasteiger partial charge is 0.398 e. The maximum absolute atomic E-state index is 7.05. The lowest BCUT2D eigenvalue weighted by Gasteiger charge is -2.03. The molecule has 0 atom stereocenters. The Kier molecular flexibility index (Phi) is 5.39. The molecule has 1 aromatic carbocycles. The fourth-order valence-electron chi connectivity index (χ4n) is 0.900. The number of nitrogens with one attached hydrogen (secondary N) is 1. The van der Waals surface area contributed by atoms with E-state index in [9.17, 15) is 0 Å². The topological polar surface area (TPSA) is 49.9 Å². The number of halogens is 1. The predicted octanol–water partition coefficient (Wildman–Crippen LogP) is 3.36. The third-order valence-corrected chi connectivity index (χ3v) is 2.00. The molecule has 3 heteroatoms. The van der Waals surface area contributed by atoms with E-state index in [4.69, 9.17) is 11.1 Å². The lowest BCUT2D eigenvalue weighted by atomic mass is 10.1. The molecule has 0 aliphatic heterocycles. The Bertz CT molecular complexity index is 295. The molecule has 3 N–H and O–H groups in total. The van der Waals surface area contributed by atoms with Crippen molar-refractivity contribution in [3.05, 3.63) is 27.7 Å². The van der Waals surface area contributed by atoms with E-state index < -0.39 is 0 Å². The van der Waals surface area contributed by atoms with E-state index >= 15 is 0 Å². The molecule has 0 aromatic heterocycles. The molecule has 1 rings (SSSR count). The fourth-order valence-corrected chi connectivity index (χ4v) is 1.49. The van der Waals surface area contributed by atoms with Gasteiger partial charge in [-0.15, -0.1) is 0 Å². The van der Waals surface area contributed by atoms with E-state index in [-0.39, 0.29) is 0 Å². The van der Waals surface area contributed by atoms with Gasteiger partial charge >= 0.3 is 0 Å². The molecule has 72 valence electrons. The summed E-state index contributed by atoms with van der Waals surface area (Å²) in [6.07, 6.45) is 1.26. The van der Waals surface area contributed by atoms with Gasteiger partial charge in [-0.1, -0.05) is 29.8 Å². The number of nitrogens with two attached hydrogens (primary N) is 1. The molecule has 0 heterocycles. The predicted molar refractivity (Wildman–Crippen MR) is 62.5 cm³/mol. The summed E-state index contributed by atoms with van der Waals surface area (Å²) >= 11 is 3.33. The molecule has 1 aromatic rings. The van der Waals surface area contributed by atoms with Crippen LogP contribution in [0, 0.1) is 12.3 Å². The van der Waals surface area contributed by atoms with Gasteiger partial charge in [-0.2, -0.15) is 0 Å². The Morgan fingerprint density at radius 2 is 1.92 bits per heavy atom. The van der Waals surface area contributed by atoms with E-state index in [1.54, 1.807) is 0 Å². The van der Waals surface area contributed by atoms with Crippen LogP contribution in [0.3, 0.4) is 0 Å². The summed E-state index contributed by atoms with van der Waals surface area (Å²) < 4.78 is 0.961. The average Bonchev–Trinajstić information content (AvgIpc) is 2.14. The van der Waals surface area contributed by atoms with Crippen LogP contribution >= 0.6 is 15.9 Å². The maximum atomic E-state index is 7.05. The highest BCUT2D eigenvalue weighted by Gasteiger charge is 2.00. The van der Waals surface area contributed by atoms with E-state index in [1.807, 2.05) is 32.9 Å². The van der Waals surface area contributed by atoms with Gasteiger partial charge in [0.25, 0.3) is 0 Å². The quantitative estimate of drug-likeness (QED) is 0.576. The molecule has 0 aliphatic carbocycles. The minimum absolute atomic E-state index is 0.684. The number of rotatable bonds is 1. The summed E-state index contributed by atoms with van der Waals surface area (Å²) in [5, 5.41) is 7.05. The number of hydrogen-bond donors (Lipinski definition) is 2. The van der Waals surface area contributed by atoms with Crippen molar-refractivity contribution >= 4 is 27.8 Å². The molecule has 0 radical (unpaired) electrons.